The average Bonchev–Trinajstić information content (AvgIpc) is 3.19. The molecule has 3 heterocycles. The highest BCUT2D eigenvalue weighted by Crippen LogP contribution is 2.38. The Morgan fingerprint density at radius 1 is 1.03 bits per heavy atom. The van der Waals surface area contributed by atoms with Crippen molar-refractivity contribution in [3.05, 3.63) is 60.7 Å². The van der Waals surface area contributed by atoms with Crippen molar-refractivity contribution in [2.75, 3.05) is 36.8 Å². The van der Waals surface area contributed by atoms with Crippen LogP contribution >= 0.6 is 23.1 Å². The van der Waals surface area contributed by atoms with Gasteiger partial charge >= 0.3 is 0 Å². The molecule has 5 nitrogen and oxygen atoms in total. The second-order valence-electron chi connectivity index (χ2n) is 7.06. The van der Waals surface area contributed by atoms with Crippen molar-refractivity contribution in [1.82, 2.24) is 14.9 Å². The molecule has 2 aromatic carbocycles. The zero-order chi connectivity index (χ0) is 20.5. The Kier molecular flexibility index (Phi) is 5.26. The summed E-state index contributed by atoms with van der Waals surface area (Å²) in [6, 6.07) is 15.3. The fourth-order valence-electron chi connectivity index (χ4n) is 3.73. The number of hydrogen-bond acceptors (Lipinski definition) is 6. The molecule has 1 saturated heterocycles. The summed E-state index contributed by atoms with van der Waals surface area (Å²) in [5.74, 6) is 0.140. The highest BCUT2D eigenvalue weighted by Gasteiger charge is 2.22. The number of nitrogens with zero attached hydrogens (tertiary/aromatic N) is 4. The van der Waals surface area contributed by atoms with E-state index in [0.29, 0.717) is 29.7 Å². The Bertz CT molecular complexity index is 1210. The maximum Gasteiger partial charge on any atom is 0.233 e. The summed E-state index contributed by atoms with van der Waals surface area (Å²) in [7, 11) is 0. The molecule has 1 fully saturated rings. The Labute approximate surface area is 181 Å². The van der Waals surface area contributed by atoms with Crippen LogP contribution in [0.5, 0.6) is 0 Å². The predicted molar refractivity (Wildman–Crippen MR) is 121 cm³/mol. The summed E-state index contributed by atoms with van der Waals surface area (Å²) < 4.78 is 15.9. The van der Waals surface area contributed by atoms with Crippen molar-refractivity contribution in [3.8, 4) is 0 Å². The summed E-state index contributed by atoms with van der Waals surface area (Å²) in [5.41, 5.74) is 1.81. The van der Waals surface area contributed by atoms with Gasteiger partial charge in [-0.15, -0.1) is 11.3 Å². The number of aromatic nitrogens is 2. The maximum absolute atomic E-state index is 14.3. The number of para-hydroxylation sites is 1. The Morgan fingerprint density at radius 3 is 2.63 bits per heavy atom. The normalized spacial score (nSPS) is 14.6. The van der Waals surface area contributed by atoms with Gasteiger partial charge in [0.15, 0.2) is 0 Å². The van der Waals surface area contributed by atoms with Crippen LogP contribution in [-0.2, 0) is 4.79 Å². The van der Waals surface area contributed by atoms with Crippen LogP contribution in [0.2, 0.25) is 0 Å². The zero-order valence-corrected chi connectivity index (χ0v) is 17.8. The fraction of sp³-hybridized carbons (Fsp3) is 0.227. The van der Waals surface area contributed by atoms with Crippen LogP contribution in [0.15, 0.2) is 59.9 Å². The van der Waals surface area contributed by atoms with Crippen LogP contribution in [0.1, 0.15) is 0 Å². The summed E-state index contributed by atoms with van der Waals surface area (Å²) in [6.07, 6.45) is 1.45. The topological polar surface area (TPSA) is 49.3 Å². The van der Waals surface area contributed by atoms with Gasteiger partial charge in [0.05, 0.1) is 21.4 Å². The summed E-state index contributed by atoms with van der Waals surface area (Å²) in [5, 5.41) is 1.27. The first-order valence-electron chi connectivity index (χ1n) is 9.73. The van der Waals surface area contributed by atoms with Crippen molar-refractivity contribution in [2.24, 2.45) is 0 Å². The minimum Gasteiger partial charge on any atom is -0.368 e. The van der Waals surface area contributed by atoms with E-state index in [0.717, 1.165) is 27.5 Å². The predicted octanol–water partition coefficient (Wildman–Crippen LogP) is 4.42. The molecule has 5 rings (SSSR count). The highest BCUT2D eigenvalue weighted by atomic mass is 32.2. The first kappa shape index (κ1) is 19.3. The third kappa shape index (κ3) is 3.61. The van der Waals surface area contributed by atoms with Crippen LogP contribution < -0.4 is 4.90 Å². The van der Waals surface area contributed by atoms with Gasteiger partial charge in [0, 0.05) is 36.6 Å². The van der Waals surface area contributed by atoms with E-state index < -0.39 is 0 Å². The quantitative estimate of drug-likeness (QED) is 0.349. The van der Waals surface area contributed by atoms with E-state index in [2.05, 4.69) is 27.0 Å². The smallest absolute Gasteiger partial charge is 0.233 e. The number of fused-ring (bicyclic) bond motifs is 3. The van der Waals surface area contributed by atoms with Crippen molar-refractivity contribution in [1.29, 1.82) is 0 Å². The van der Waals surface area contributed by atoms with Gasteiger partial charge < -0.3 is 9.80 Å². The van der Waals surface area contributed by atoms with Crippen LogP contribution in [-0.4, -0.2) is 52.7 Å². The van der Waals surface area contributed by atoms with E-state index in [1.54, 1.807) is 6.07 Å². The van der Waals surface area contributed by atoms with Crippen LogP contribution in [0.25, 0.3) is 20.3 Å². The number of thioether (sulfide) groups is 1. The molecule has 1 aliphatic rings. The molecule has 1 aliphatic heterocycles. The molecule has 0 atom stereocenters. The molecule has 0 unspecified atom stereocenters. The molecule has 30 heavy (non-hydrogen) atoms. The first-order valence-corrected chi connectivity index (χ1v) is 11.5. The van der Waals surface area contributed by atoms with E-state index in [1.165, 1.54) is 41.2 Å². The standard InChI is InChI=1S/C22H19FN4OS2/c23-16-7-4-8-17-19(16)20-21(30-17)22(25-14-24-20)29-13-18(28)27-11-9-26(10-12-27)15-5-2-1-3-6-15/h1-8,14H,9-13H2. The first-order chi connectivity index (χ1) is 14.7. The highest BCUT2D eigenvalue weighted by molar-refractivity contribution is 8.00. The van der Waals surface area contributed by atoms with Crippen molar-refractivity contribution >= 4 is 55.0 Å². The number of carbonyl (C=O) groups excluding carboxylic acids is 1. The van der Waals surface area contributed by atoms with E-state index in [9.17, 15) is 9.18 Å². The SMILES string of the molecule is O=C(CSc1ncnc2c1sc1cccc(F)c12)N1CCN(c2ccccc2)CC1. The minimum atomic E-state index is -0.277. The van der Waals surface area contributed by atoms with Crippen molar-refractivity contribution in [2.45, 2.75) is 5.03 Å². The lowest BCUT2D eigenvalue weighted by atomic mass is 10.2. The van der Waals surface area contributed by atoms with Crippen molar-refractivity contribution < 1.29 is 9.18 Å². The van der Waals surface area contributed by atoms with Gasteiger partial charge in [-0.05, 0) is 24.3 Å². The largest absolute Gasteiger partial charge is 0.368 e. The summed E-state index contributed by atoms with van der Waals surface area (Å²) in [6.45, 7) is 3.07. The zero-order valence-electron chi connectivity index (χ0n) is 16.1. The second-order valence-corrected chi connectivity index (χ2v) is 9.08. The third-order valence-electron chi connectivity index (χ3n) is 5.28. The molecular formula is C22H19FN4OS2. The lowest BCUT2D eigenvalue weighted by Crippen LogP contribution is -2.49. The summed E-state index contributed by atoms with van der Waals surface area (Å²) >= 11 is 2.87. The lowest BCUT2D eigenvalue weighted by Gasteiger charge is -2.36. The molecular weight excluding hydrogens is 419 g/mol. The van der Waals surface area contributed by atoms with Gasteiger partial charge in [-0.3, -0.25) is 4.79 Å². The monoisotopic (exact) mass is 438 g/mol. The summed E-state index contributed by atoms with van der Waals surface area (Å²) in [4.78, 5) is 25.6. The number of hydrogen-bond donors (Lipinski definition) is 0. The molecule has 0 N–H and O–H groups in total. The number of piperazine rings is 1. The van der Waals surface area contributed by atoms with Gasteiger partial charge in [0.1, 0.15) is 17.2 Å². The Morgan fingerprint density at radius 2 is 1.83 bits per heavy atom. The molecule has 0 saturated carbocycles. The number of amides is 1. The van der Waals surface area contributed by atoms with Gasteiger partial charge in [0.25, 0.3) is 0 Å². The molecule has 8 heteroatoms. The second kappa shape index (κ2) is 8.20. The number of halogens is 1. The van der Waals surface area contributed by atoms with Gasteiger partial charge in [-0.1, -0.05) is 36.0 Å². The average molecular weight is 439 g/mol. The third-order valence-corrected chi connectivity index (χ3v) is 7.54. The number of benzene rings is 2. The number of anilines is 1. The van der Waals surface area contributed by atoms with E-state index in [1.807, 2.05) is 29.2 Å². The van der Waals surface area contributed by atoms with Crippen molar-refractivity contribution in [3.63, 3.8) is 0 Å². The number of thiophene rings is 1. The fourth-order valence-corrected chi connectivity index (χ4v) is 5.88. The van der Waals surface area contributed by atoms with Crippen LogP contribution in [0, 0.1) is 5.82 Å². The van der Waals surface area contributed by atoms with E-state index in [-0.39, 0.29) is 11.7 Å². The van der Waals surface area contributed by atoms with Gasteiger partial charge in [-0.2, -0.15) is 0 Å². The molecule has 4 aromatic rings. The molecule has 0 aliphatic carbocycles. The van der Waals surface area contributed by atoms with Gasteiger partial charge in [0.2, 0.25) is 5.91 Å². The molecule has 152 valence electrons. The molecule has 1 amide bonds. The van der Waals surface area contributed by atoms with Crippen LogP contribution in [0.3, 0.4) is 0 Å². The van der Waals surface area contributed by atoms with Gasteiger partial charge in [-0.25, -0.2) is 14.4 Å². The minimum absolute atomic E-state index is 0.103. The number of carbonyl (C=O) groups is 1. The van der Waals surface area contributed by atoms with E-state index >= 15 is 0 Å². The molecule has 0 radical (unpaired) electrons. The molecule has 0 spiro atoms. The molecule has 2 aromatic heterocycles. The maximum atomic E-state index is 14.3. The molecule has 0 bridgehead atoms. The lowest BCUT2D eigenvalue weighted by molar-refractivity contribution is -0.128. The Balaban J connectivity index is 1.26. The van der Waals surface area contributed by atoms with Crippen LogP contribution in [0.4, 0.5) is 10.1 Å². The Hall–Kier alpha value is -2.71. The van der Waals surface area contributed by atoms with E-state index in [4.69, 9.17) is 0 Å². The number of rotatable bonds is 4.